The lowest BCUT2D eigenvalue weighted by atomic mass is 9.98. The lowest BCUT2D eigenvalue weighted by molar-refractivity contribution is -0.0251. The van der Waals surface area contributed by atoms with Crippen LogP contribution in [-0.4, -0.2) is 60.6 Å². The van der Waals surface area contributed by atoms with Crippen molar-refractivity contribution in [3.8, 4) is 5.75 Å². The number of carbonyl (C=O) groups excluding carboxylic acids is 1. The standard InChI is InChI=1S/C23H23F2IN4O5S/c1-29-11-21(28-13-29)36(32,33)30-4-5-34-18(10-30)12-35-20-8-16(24)7-15(22(20)23(27)31)6-14-2-3-17(26)9-19(14)25/h2-3,7-9,11,13,18H,4-6,10,12H2,1H3,(H2,27,31). The van der Waals surface area contributed by atoms with Gasteiger partial charge in [0.05, 0.1) is 18.5 Å². The molecular formula is C23H23F2IN4O5S. The van der Waals surface area contributed by atoms with Gasteiger partial charge in [0.2, 0.25) is 0 Å². The van der Waals surface area contributed by atoms with Crippen LogP contribution in [0.2, 0.25) is 0 Å². The number of sulfonamides is 1. The Balaban J connectivity index is 1.53. The highest BCUT2D eigenvalue weighted by Gasteiger charge is 2.33. The number of imidazole rings is 1. The first kappa shape index (κ1) is 26.4. The van der Waals surface area contributed by atoms with Crippen LogP contribution in [0.25, 0.3) is 0 Å². The van der Waals surface area contributed by atoms with Gasteiger partial charge in [0.1, 0.15) is 30.1 Å². The molecule has 0 spiro atoms. The third-order valence-corrected chi connectivity index (χ3v) is 8.02. The Kier molecular flexibility index (Phi) is 7.92. The smallest absolute Gasteiger partial charge is 0.262 e. The number of hydrogen-bond acceptors (Lipinski definition) is 6. The zero-order chi connectivity index (χ0) is 26.0. The second-order valence-electron chi connectivity index (χ2n) is 8.26. The molecule has 9 nitrogen and oxygen atoms in total. The summed E-state index contributed by atoms with van der Waals surface area (Å²) < 4.78 is 69.4. The molecule has 1 atom stereocenters. The molecule has 0 bridgehead atoms. The van der Waals surface area contributed by atoms with Gasteiger partial charge in [-0.1, -0.05) is 6.07 Å². The Bertz CT molecular complexity index is 1400. The van der Waals surface area contributed by atoms with Crippen LogP contribution in [0.4, 0.5) is 8.78 Å². The monoisotopic (exact) mass is 632 g/mol. The van der Waals surface area contributed by atoms with Crippen molar-refractivity contribution in [2.24, 2.45) is 12.8 Å². The van der Waals surface area contributed by atoms with E-state index < -0.39 is 33.7 Å². The number of rotatable bonds is 8. The fourth-order valence-electron chi connectivity index (χ4n) is 3.89. The minimum atomic E-state index is -3.84. The van der Waals surface area contributed by atoms with E-state index in [1.54, 1.807) is 19.2 Å². The Morgan fingerprint density at radius 1 is 1.28 bits per heavy atom. The SMILES string of the molecule is Cn1cnc(S(=O)(=O)N2CCOC(COc3cc(F)cc(Cc4ccc(I)cc4F)c3C(N)=O)C2)c1. The summed E-state index contributed by atoms with van der Waals surface area (Å²) >= 11 is 1.97. The van der Waals surface area contributed by atoms with Crippen LogP contribution in [0.1, 0.15) is 21.5 Å². The maximum atomic E-state index is 14.5. The van der Waals surface area contributed by atoms with Crippen molar-refractivity contribution in [2.75, 3.05) is 26.3 Å². The maximum absolute atomic E-state index is 14.5. The highest BCUT2D eigenvalue weighted by atomic mass is 127. The normalized spacial score (nSPS) is 16.7. The Hall–Kier alpha value is -2.62. The Morgan fingerprint density at radius 3 is 2.72 bits per heavy atom. The molecule has 2 aromatic carbocycles. The molecule has 1 aliphatic rings. The van der Waals surface area contributed by atoms with Crippen LogP contribution < -0.4 is 10.5 Å². The summed E-state index contributed by atoms with van der Waals surface area (Å²) in [5.74, 6) is -2.18. The summed E-state index contributed by atoms with van der Waals surface area (Å²) in [6.45, 7) is 0.0486. The zero-order valence-electron chi connectivity index (χ0n) is 19.2. The molecule has 0 aliphatic carbocycles. The van der Waals surface area contributed by atoms with Gasteiger partial charge in [-0.05, 0) is 51.9 Å². The number of carbonyl (C=O) groups is 1. The van der Waals surface area contributed by atoms with E-state index in [0.29, 0.717) is 3.57 Å². The molecule has 2 N–H and O–H groups in total. The summed E-state index contributed by atoms with van der Waals surface area (Å²) in [7, 11) is -2.17. The van der Waals surface area contributed by atoms with E-state index in [1.807, 2.05) is 22.6 Å². The average molecular weight is 632 g/mol. The molecule has 0 saturated carbocycles. The number of hydrogen-bond donors (Lipinski definition) is 1. The number of ether oxygens (including phenoxy) is 2. The molecule has 1 aromatic heterocycles. The minimum Gasteiger partial charge on any atom is -0.490 e. The number of halogens is 3. The first-order valence-electron chi connectivity index (χ1n) is 10.8. The average Bonchev–Trinajstić information content (AvgIpc) is 3.26. The minimum absolute atomic E-state index is 0.0269. The van der Waals surface area contributed by atoms with Gasteiger partial charge in [-0.2, -0.15) is 4.31 Å². The van der Waals surface area contributed by atoms with Crippen molar-refractivity contribution in [2.45, 2.75) is 17.6 Å². The number of aryl methyl sites for hydroxylation is 1. The van der Waals surface area contributed by atoms with Crippen molar-refractivity contribution in [3.63, 3.8) is 0 Å². The molecule has 4 rings (SSSR count). The number of morpholine rings is 1. The molecular weight excluding hydrogens is 609 g/mol. The van der Waals surface area contributed by atoms with Gasteiger partial charge < -0.3 is 19.8 Å². The molecule has 0 radical (unpaired) electrons. The van der Waals surface area contributed by atoms with Gasteiger partial charge >= 0.3 is 0 Å². The first-order valence-corrected chi connectivity index (χ1v) is 13.3. The summed E-state index contributed by atoms with van der Waals surface area (Å²) in [6.07, 6.45) is 2.02. The fourth-order valence-corrected chi connectivity index (χ4v) is 5.76. The van der Waals surface area contributed by atoms with Crippen LogP contribution in [0, 0.1) is 15.2 Å². The summed E-state index contributed by atoms with van der Waals surface area (Å²) in [5, 5.41) is -0.0832. The van der Waals surface area contributed by atoms with Gasteiger partial charge in [0.25, 0.3) is 15.9 Å². The van der Waals surface area contributed by atoms with Gasteiger partial charge in [-0.15, -0.1) is 0 Å². The predicted octanol–water partition coefficient (Wildman–Crippen LogP) is 2.46. The summed E-state index contributed by atoms with van der Waals surface area (Å²) in [5.41, 5.74) is 5.92. The maximum Gasteiger partial charge on any atom is 0.262 e. The quantitative estimate of drug-likeness (QED) is 0.382. The molecule has 2 heterocycles. The number of benzene rings is 2. The van der Waals surface area contributed by atoms with Crippen LogP contribution in [-0.2, 0) is 28.2 Å². The second-order valence-corrected chi connectivity index (χ2v) is 11.4. The van der Waals surface area contributed by atoms with Crippen molar-refractivity contribution in [1.29, 1.82) is 0 Å². The molecule has 192 valence electrons. The van der Waals surface area contributed by atoms with E-state index >= 15 is 0 Å². The van der Waals surface area contributed by atoms with E-state index in [9.17, 15) is 22.0 Å². The number of nitrogens with two attached hydrogens (primary N) is 1. The Morgan fingerprint density at radius 2 is 2.06 bits per heavy atom. The first-order chi connectivity index (χ1) is 17.0. The third-order valence-electron chi connectivity index (χ3n) is 5.60. The number of nitrogens with zero attached hydrogens (tertiary/aromatic N) is 3. The van der Waals surface area contributed by atoms with E-state index in [1.165, 1.54) is 27.5 Å². The Labute approximate surface area is 220 Å². The molecule has 1 saturated heterocycles. The largest absolute Gasteiger partial charge is 0.490 e. The van der Waals surface area contributed by atoms with Crippen molar-refractivity contribution in [3.05, 3.63) is 74.8 Å². The molecule has 1 fully saturated rings. The lowest BCUT2D eigenvalue weighted by Gasteiger charge is -2.31. The number of amides is 1. The van der Waals surface area contributed by atoms with Crippen LogP contribution in [0.5, 0.6) is 5.75 Å². The van der Waals surface area contributed by atoms with Crippen molar-refractivity contribution >= 4 is 38.5 Å². The molecule has 1 aliphatic heterocycles. The highest BCUT2D eigenvalue weighted by molar-refractivity contribution is 14.1. The van der Waals surface area contributed by atoms with Crippen LogP contribution >= 0.6 is 22.6 Å². The summed E-state index contributed by atoms with van der Waals surface area (Å²) in [6, 6.07) is 6.72. The molecule has 13 heteroatoms. The van der Waals surface area contributed by atoms with Crippen LogP contribution in [0.15, 0.2) is 47.9 Å². The predicted molar refractivity (Wildman–Crippen MR) is 134 cm³/mol. The van der Waals surface area contributed by atoms with Gasteiger partial charge in [0.15, 0.2) is 5.03 Å². The zero-order valence-corrected chi connectivity index (χ0v) is 22.1. The molecule has 1 unspecified atom stereocenters. The number of aromatic nitrogens is 2. The molecule has 1 amide bonds. The fraction of sp³-hybridized carbons (Fsp3) is 0.304. The number of primary amides is 1. The van der Waals surface area contributed by atoms with E-state index in [0.717, 1.165) is 12.1 Å². The van der Waals surface area contributed by atoms with Gasteiger partial charge in [0, 0.05) is 42.4 Å². The van der Waals surface area contributed by atoms with Crippen molar-refractivity contribution < 1.29 is 31.5 Å². The van der Waals surface area contributed by atoms with Gasteiger partial charge in [-0.3, -0.25) is 4.79 Å². The van der Waals surface area contributed by atoms with Crippen LogP contribution in [0.3, 0.4) is 0 Å². The molecule has 3 aromatic rings. The lowest BCUT2D eigenvalue weighted by Crippen LogP contribution is -2.47. The molecule has 36 heavy (non-hydrogen) atoms. The second kappa shape index (κ2) is 10.8. The summed E-state index contributed by atoms with van der Waals surface area (Å²) in [4.78, 5) is 16.2. The third kappa shape index (κ3) is 5.85. The van der Waals surface area contributed by atoms with Crippen molar-refractivity contribution in [1.82, 2.24) is 13.9 Å². The highest BCUT2D eigenvalue weighted by Crippen LogP contribution is 2.28. The van der Waals surface area contributed by atoms with E-state index in [-0.39, 0.29) is 60.2 Å². The van der Waals surface area contributed by atoms with Gasteiger partial charge in [-0.25, -0.2) is 22.2 Å². The van der Waals surface area contributed by atoms with E-state index in [4.69, 9.17) is 15.2 Å². The topological polar surface area (TPSA) is 117 Å². The van der Waals surface area contributed by atoms with E-state index in [2.05, 4.69) is 4.98 Å².